The van der Waals surface area contributed by atoms with E-state index in [1.54, 1.807) is 24.3 Å². The van der Waals surface area contributed by atoms with E-state index < -0.39 is 10.7 Å². The van der Waals surface area contributed by atoms with Crippen LogP contribution >= 0.6 is 0 Å². The number of benzene rings is 2. The number of nitriles is 1. The van der Waals surface area contributed by atoms with Crippen LogP contribution in [0.15, 0.2) is 42.5 Å². The number of hydrogen-bond acceptors (Lipinski definition) is 4. The standard InChI is InChI=1S/C15H11FN2O3/c16-14-9-13(6-5-12(14)10-17)21-8-7-11-3-1-2-4-15(11)18(19)20/h1-6,9H,7-8H2. The molecule has 106 valence electrons. The minimum Gasteiger partial charge on any atom is -0.493 e. The highest BCUT2D eigenvalue weighted by molar-refractivity contribution is 5.40. The topological polar surface area (TPSA) is 76.2 Å². The Balaban J connectivity index is 2.01. The molecule has 0 fully saturated rings. The minimum absolute atomic E-state index is 0.0344. The first kappa shape index (κ1) is 14.5. The molecule has 0 spiro atoms. The van der Waals surface area contributed by atoms with Crippen molar-refractivity contribution >= 4 is 5.69 Å². The third-order valence-electron chi connectivity index (χ3n) is 2.89. The number of nitrogens with zero attached hydrogens (tertiary/aromatic N) is 2. The second kappa shape index (κ2) is 6.48. The van der Waals surface area contributed by atoms with Gasteiger partial charge in [0.15, 0.2) is 0 Å². The van der Waals surface area contributed by atoms with Crippen molar-refractivity contribution in [3.05, 3.63) is 69.5 Å². The van der Waals surface area contributed by atoms with Gasteiger partial charge in [0.1, 0.15) is 17.6 Å². The molecular weight excluding hydrogens is 275 g/mol. The Morgan fingerprint density at radius 2 is 2.05 bits per heavy atom. The summed E-state index contributed by atoms with van der Waals surface area (Å²) in [6, 6.07) is 12.0. The number of ether oxygens (including phenoxy) is 1. The maximum atomic E-state index is 13.4. The van der Waals surface area contributed by atoms with E-state index in [2.05, 4.69) is 0 Å². The largest absolute Gasteiger partial charge is 0.493 e. The van der Waals surface area contributed by atoms with Gasteiger partial charge in [-0.15, -0.1) is 0 Å². The van der Waals surface area contributed by atoms with Crippen molar-refractivity contribution in [3.8, 4) is 11.8 Å². The molecular formula is C15H11FN2O3. The Morgan fingerprint density at radius 3 is 2.71 bits per heavy atom. The van der Waals surface area contributed by atoms with Crippen molar-refractivity contribution in [2.24, 2.45) is 0 Å². The fraction of sp³-hybridized carbons (Fsp3) is 0.133. The maximum Gasteiger partial charge on any atom is 0.272 e. The normalized spacial score (nSPS) is 9.90. The van der Waals surface area contributed by atoms with Crippen LogP contribution in [0.2, 0.25) is 0 Å². The molecule has 0 saturated heterocycles. The van der Waals surface area contributed by atoms with Crippen molar-refractivity contribution in [2.45, 2.75) is 6.42 Å². The summed E-state index contributed by atoms with van der Waals surface area (Å²) >= 11 is 0. The molecule has 2 aromatic carbocycles. The molecule has 0 atom stereocenters. The van der Waals surface area contributed by atoms with Crippen molar-refractivity contribution in [1.29, 1.82) is 5.26 Å². The Bertz CT molecular complexity index is 710. The lowest BCUT2D eigenvalue weighted by atomic mass is 10.1. The molecule has 0 amide bonds. The third-order valence-corrected chi connectivity index (χ3v) is 2.89. The van der Waals surface area contributed by atoms with Gasteiger partial charge in [0.05, 0.1) is 17.1 Å². The highest BCUT2D eigenvalue weighted by Gasteiger charge is 2.12. The minimum atomic E-state index is -0.652. The average Bonchev–Trinajstić information content (AvgIpc) is 2.48. The van der Waals surface area contributed by atoms with E-state index in [0.717, 1.165) is 6.07 Å². The lowest BCUT2D eigenvalue weighted by Crippen LogP contribution is -2.04. The molecule has 6 heteroatoms. The van der Waals surface area contributed by atoms with E-state index in [-0.39, 0.29) is 23.6 Å². The summed E-state index contributed by atoms with van der Waals surface area (Å²) in [7, 11) is 0. The maximum absolute atomic E-state index is 13.4. The summed E-state index contributed by atoms with van der Waals surface area (Å²) in [5, 5.41) is 19.5. The monoisotopic (exact) mass is 286 g/mol. The number of halogens is 1. The second-order valence-electron chi connectivity index (χ2n) is 4.24. The first-order chi connectivity index (χ1) is 10.1. The molecule has 0 aliphatic heterocycles. The van der Waals surface area contributed by atoms with Crippen LogP contribution in [0.1, 0.15) is 11.1 Å². The summed E-state index contributed by atoms with van der Waals surface area (Å²) in [5.74, 6) is -0.370. The number of nitro groups is 1. The van der Waals surface area contributed by atoms with E-state index in [0.29, 0.717) is 12.0 Å². The zero-order valence-electron chi connectivity index (χ0n) is 11.0. The average molecular weight is 286 g/mol. The van der Waals surface area contributed by atoms with Gasteiger partial charge in [0.25, 0.3) is 5.69 Å². The van der Waals surface area contributed by atoms with Crippen LogP contribution in [-0.2, 0) is 6.42 Å². The Hall–Kier alpha value is -2.94. The summed E-state index contributed by atoms with van der Waals surface area (Å²) in [6.07, 6.45) is 0.332. The van der Waals surface area contributed by atoms with Crippen LogP contribution in [-0.4, -0.2) is 11.5 Å². The quantitative estimate of drug-likeness (QED) is 0.624. The lowest BCUT2D eigenvalue weighted by Gasteiger charge is -2.07. The molecule has 0 unspecified atom stereocenters. The summed E-state index contributed by atoms with van der Waals surface area (Å²) < 4.78 is 18.7. The first-order valence-electron chi connectivity index (χ1n) is 6.16. The Morgan fingerprint density at radius 1 is 1.29 bits per heavy atom. The van der Waals surface area contributed by atoms with Gasteiger partial charge >= 0.3 is 0 Å². The van der Waals surface area contributed by atoms with Gasteiger partial charge in [0, 0.05) is 24.1 Å². The highest BCUT2D eigenvalue weighted by Crippen LogP contribution is 2.20. The predicted molar refractivity (Wildman–Crippen MR) is 73.4 cm³/mol. The van der Waals surface area contributed by atoms with Crippen molar-refractivity contribution < 1.29 is 14.1 Å². The van der Waals surface area contributed by atoms with E-state index in [1.807, 2.05) is 0 Å². The van der Waals surface area contributed by atoms with Gasteiger partial charge < -0.3 is 4.74 Å². The van der Waals surface area contributed by atoms with Gasteiger partial charge in [0.2, 0.25) is 0 Å². The summed E-state index contributed by atoms with van der Waals surface area (Å²) in [4.78, 5) is 10.4. The van der Waals surface area contributed by atoms with Crippen LogP contribution in [0, 0.1) is 27.3 Å². The van der Waals surface area contributed by atoms with Crippen LogP contribution in [0.3, 0.4) is 0 Å². The molecule has 0 aromatic heterocycles. The van der Waals surface area contributed by atoms with Gasteiger partial charge in [-0.05, 0) is 12.1 Å². The number of nitro benzene ring substituents is 1. The van der Waals surface area contributed by atoms with Gasteiger partial charge in [-0.25, -0.2) is 4.39 Å². The molecule has 0 aliphatic rings. The molecule has 0 heterocycles. The van der Waals surface area contributed by atoms with Crippen LogP contribution in [0.5, 0.6) is 5.75 Å². The second-order valence-corrected chi connectivity index (χ2v) is 4.24. The van der Waals surface area contributed by atoms with Crippen LogP contribution in [0.25, 0.3) is 0 Å². The molecule has 0 bridgehead atoms. The fourth-order valence-electron chi connectivity index (χ4n) is 1.86. The molecule has 2 rings (SSSR count). The number of hydrogen-bond donors (Lipinski definition) is 0. The Kier molecular flexibility index (Phi) is 4.46. The van der Waals surface area contributed by atoms with Gasteiger partial charge in [-0.2, -0.15) is 5.26 Å². The first-order valence-corrected chi connectivity index (χ1v) is 6.16. The summed E-state index contributed by atoms with van der Waals surface area (Å²) in [5.41, 5.74) is 0.532. The van der Waals surface area contributed by atoms with Crippen molar-refractivity contribution in [1.82, 2.24) is 0 Å². The molecule has 2 aromatic rings. The Labute approximate surface area is 120 Å². The van der Waals surface area contributed by atoms with E-state index in [1.165, 1.54) is 18.2 Å². The zero-order valence-corrected chi connectivity index (χ0v) is 11.0. The van der Waals surface area contributed by atoms with Crippen molar-refractivity contribution in [3.63, 3.8) is 0 Å². The van der Waals surface area contributed by atoms with Crippen molar-refractivity contribution in [2.75, 3.05) is 6.61 Å². The van der Waals surface area contributed by atoms with Gasteiger partial charge in [-0.3, -0.25) is 10.1 Å². The number of para-hydroxylation sites is 1. The number of rotatable bonds is 5. The zero-order chi connectivity index (χ0) is 15.2. The predicted octanol–water partition coefficient (Wildman–Crippen LogP) is 3.23. The highest BCUT2D eigenvalue weighted by atomic mass is 19.1. The SMILES string of the molecule is N#Cc1ccc(OCCc2ccccc2[N+](=O)[O-])cc1F. The molecule has 21 heavy (non-hydrogen) atoms. The smallest absolute Gasteiger partial charge is 0.272 e. The summed E-state index contributed by atoms with van der Waals surface area (Å²) in [6.45, 7) is 0.177. The van der Waals surface area contributed by atoms with Gasteiger partial charge in [-0.1, -0.05) is 18.2 Å². The van der Waals surface area contributed by atoms with Crippen LogP contribution in [0.4, 0.5) is 10.1 Å². The van der Waals surface area contributed by atoms with E-state index in [4.69, 9.17) is 10.00 Å². The molecule has 5 nitrogen and oxygen atoms in total. The molecule has 0 N–H and O–H groups in total. The molecule has 0 aliphatic carbocycles. The van der Waals surface area contributed by atoms with E-state index in [9.17, 15) is 14.5 Å². The molecule has 0 radical (unpaired) electrons. The molecule has 0 saturated carbocycles. The lowest BCUT2D eigenvalue weighted by molar-refractivity contribution is -0.385. The van der Waals surface area contributed by atoms with E-state index >= 15 is 0 Å². The fourth-order valence-corrected chi connectivity index (χ4v) is 1.86. The van der Waals surface area contributed by atoms with Crippen LogP contribution < -0.4 is 4.74 Å². The third kappa shape index (κ3) is 3.54.